The first-order chi connectivity index (χ1) is 11.2. The number of nitrogens with zero attached hydrogens (tertiary/aromatic N) is 1. The number of rotatable bonds is 3. The van der Waals surface area contributed by atoms with Gasteiger partial charge in [-0.25, -0.2) is 14.2 Å². The standard InChI is InChI=1S/C17H20N2O5/c1-17(2,3)12-9-10(19-13(20)6-7-18-16(19)22)8-11(14(12)23-4)15(21)24-5/h6-9H,1-5H3,(H,18,22). The maximum absolute atomic E-state index is 12.2. The van der Waals surface area contributed by atoms with Crippen LogP contribution in [0.25, 0.3) is 5.69 Å². The van der Waals surface area contributed by atoms with E-state index in [0.717, 1.165) is 4.57 Å². The van der Waals surface area contributed by atoms with Gasteiger partial charge in [-0.15, -0.1) is 0 Å². The van der Waals surface area contributed by atoms with Crippen LogP contribution < -0.4 is 16.0 Å². The number of esters is 1. The van der Waals surface area contributed by atoms with E-state index < -0.39 is 22.6 Å². The number of aromatic nitrogens is 2. The summed E-state index contributed by atoms with van der Waals surface area (Å²) < 4.78 is 11.2. The van der Waals surface area contributed by atoms with Crippen molar-refractivity contribution in [2.45, 2.75) is 26.2 Å². The second-order valence-electron chi connectivity index (χ2n) is 6.27. The molecule has 0 aliphatic rings. The highest BCUT2D eigenvalue weighted by Crippen LogP contribution is 2.36. The van der Waals surface area contributed by atoms with Gasteiger partial charge < -0.3 is 14.5 Å². The van der Waals surface area contributed by atoms with E-state index >= 15 is 0 Å². The molecule has 0 aliphatic carbocycles. The number of carbonyl (C=O) groups excluding carboxylic acids is 1. The van der Waals surface area contributed by atoms with E-state index in [-0.39, 0.29) is 11.3 Å². The van der Waals surface area contributed by atoms with Gasteiger partial charge in [0.1, 0.15) is 11.3 Å². The molecule has 7 nitrogen and oxygen atoms in total. The van der Waals surface area contributed by atoms with E-state index in [1.807, 2.05) is 20.8 Å². The Kier molecular flexibility index (Phi) is 4.64. The quantitative estimate of drug-likeness (QED) is 0.863. The van der Waals surface area contributed by atoms with Gasteiger partial charge in [-0.1, -0.05) is 20.8 Å². The number of H-pyrrole nitrogens is 1. The molecular formula is C17H20N2O5. The fraction of sp³-hybridized carbons (Fsp3) is 0.353. The van der Waals surface area contributed by atoms with Crippen molar-refractivity contribution in [2.75, 3.05) is 14.2 Å². The molecule has 1 heterocycles. The molecule has 0 radical (unpaired) electrons. The van der Waals surface area contributed by atoms with Crippen LogP contribution in [0.3, 0.4) is 0 Å². The van der Waals surface area contributed by atoms with Crippen LogP contribution in [0, 0.1) is 0 Å². The first kappa shape index (κ1) is 17.5. The highest BCUT2D eigenvalue weighted by atomic mass is 16.5. The SMILES string of the molecule is COC(=O)c1cc(-n2c(=O)cc[nH]c2=O)cc(C(C)(C)C)c1OC. The summed E-state index contributed by atoms with van der Waals surface area (Å²) in [5.41, 5.74) is -0.388. The van der Waals surface area contributed by atoms with Crippen LogP contribution >= 0.6 is 0 Å². The minimum Gasteiger partial charge on any atom is -0.496 e. The molecule has 2 rings (SSSR count). The van der Waals surface area contributed by atoms with Crippen molar-refractivity contribution < 1.29 is 14.3 Å². The maximum atomic E-state index is 12.2. The first-order valence-electron chi connectivity index (χ1n) is 7.32. The summed E-state index contributed by atoms with van der Waals surface area (Å²) in [7, 11) is 2.71. The Morgan fingerprint density at radius 3 is 2.33 bits per heavy atom. The summed E-state index contributed by atoms with van der Waals surface area (Å²) >= 11 is 0. The third-order valence-corrected chi connectivity index (χ3v) is 3.61. The van der Waals surface area contributed by atoms with Crippen molar-refractivity contribution >= 4 is 5.97 Å². The number of benzene rings is 1. The molecule has 0 spiro atoms. The topological polar surface area (TPSA) is 90.4 Å². The molecule has 1 aromatic heterocycles. The van der Waals surface area contributed by atoms with Gasteiger partial charge in [0.05, 0.1) is 19.9 Å². The minimum atomic E-state index is -0.611. The van der Waals surface area contributed by atoms with Crippen LogP contribution in [-0.4, -0.2) is 29.7 Å². The van der Waals surface area contributed by atoms with Crippen LogP contribution in [0.1, 0.15) is 36.7 Å². The van der Waals surface area contributed by atoms with Gasteiger partial charge in [0, 0.05) is 17.8 Å². The number of carbonyl (C=O) groups is 1. The molecule has 0 bridgehead atoms. The second kappa shape index (κ2) is 6.35. The lowest BCUT2D eigenvalue weighted by molar-refractivity contribution is 0.0596. The zero-order valence-electron chi connectivity index (χ0n) is 14.3. The molecule has 0 saturated heterocycles. The maximum Gasteiger partial charge on any atom is 0.341 e. The molecule has 0 fully saturated rings. The molecule has 0 aliphatic heterocycles. The number of aromatic amines is 1. The van der Waals surface area contributed by atoms with Gasteiger partial charge in [-0.05, 0) is 17.5 Å². The summed E-state index contributed by atoms with van der Waals surface area (Å²) in [5.74, 6) is -0.252. The Hall–Kier alpha value is -2.83. The molecule has 0 atom stereocenters. The van der Waals surface area contributed by atoms with Crippen LogP contribution in [0.15, 0.2) is 34.0 Å². The fourth-order valence-corrected chi connectivity index (χ4v) is 2.45. The molecule has 7 heteroatoms. The van der Waals surface area contributed by atoms with Gasteiger partial charge in [-0.3, -0.25) is 4.79 Å². The van der Waals surface area contributed by atoms with Crippen molar-refractivity contribution in [3.05, 3.63) is 56.4 Å². The van der Waals surface area contributed by atoms with Gasteiger partial charge in [0.25, 0.3) is 5.56 Å². The average Bonchev–Trinajstić information content (AvgIpc) is 2.52. The average molecular weight is 332 g/mol. The molecule has 0 saturated carbocycles. The number of methoxy groups -OCH3 is 2. The van der Waals surface area contributed by atoms with Crippen molar-refractivity contribution in [3.8, 4) is 11.4 Å². The Morgan fingerprint density at radius 2 is 1.83 bits per heavy atom. The van der Waals surface area contributed by atoms with E-state index in [9.17, 15) is 14.4 Å². The van der Waals surface area contributed by atoms with Gasteiger partial charge in [-0.2, -0.15) is 0 Å². The molecule has 1 aromatic carbocycles. The summed E-state index contributed by atoms with van der Waals surface area (Å²) in [6.45, 7) is 5.81. The lowest BCUT2D eigenvalue weighted by Crippen LogP contribution is -2.33. The summed E-state index contributed by atoms with van der Waals surface area (Å²) in [4.78, 5) is 38.8. The molecule has 128 valence electrons. The highest BCUT2D eigenvalue weighted by Gasteiger charge is 2.26. The van der Waals surface area contributed by atoms with Crippen molar-refractivity contribution in [3.63, 3.8) is 0 Å². The van der Waals surface area contributed by atoms with Crippen LogP contribution in [0.5, 0.6) is 5.75 Å². The molecule has 0 amide bonds. The highest BCUT2D eigenvalue weighted by molar-refractivity contribution is 5.94. The summed E-state index contributed by atoms with van der Waals surface area (Å²) in [5, 5.41) is 0. The van der Waals surface area contributed by atoms with Crippen molar-refractivity contribution in [1.29, 1.82) is 0 Å². The van der Waals surface area contributed by atoms with E-state index in [4.69, 9.17) is 9.47 Å². The summed E-state index contributed by atoms with van der Waals surface area (Å²) in [6.07, 6.45) is 1.27. The summed E-state index contributed by atoms with van der Waals surface area (Å²) in [6, 6.07) is 4.32. The zero-order chi connectivity index (χ0) is 18.1. The molecule has 0 unspecified atom stereocenters. The molecule has 2 aromatic rings. The lowest BCUT2D eigenvalue weighted by atomic mass is 9.84. The number of ether oxygens (including phenoxy) is 2. The minimum absolute atomic E-state index is 0.151. The predicted octanol–water partition coefficient (Wildman–Crippen LogP) is 1.62. The lowest BCUT2D eigenvalue weighted by Gasteiger charge is -2.24. The molecular weight excluding hydrogens is 312 g/mol. The van der Waals surface area contributed by atoms with Gasteiger partial charge in [0.15, 0.2) is 0 Å². The van der Waals surface area contributed by atoms with Crippen molar-refractivity contribution in [2.24, 2.45) is 0 Å². The largest absolute Gasteiger partial charge is 0.496 e. The predicted molar refractivity (Wildman–Crippen MR) is 89.3 cm³/mol. The number of hydrogen-bond acceptors (Lipinski definition) is 5. The monoisotopic (exact) mass is 332 g/mol. The Bertz CT molecular complexity index is 859. The van der Waals surface area contributed by atoms with E-state index in [1.54, 1.807) is 6.07 Å². The van der Waals surface area contributed by atoms with Gasteiger partial charge in [0.2, 0.25) is 0 Å². The van der Waals surface area contributed by atoms with Crippen LogP contribution in [-0.2, 0) is 10.2 Å². The van der Waals surface area contributed by atoms with Crippen LogP contribution in [0.2, 0.25) is 0 Å². The third kappa shape index (κ3) is 3.10. The second-order valence-corrected chi connectivity index (χ2v) is 6.27. The Balaban J connectivity index is 2.92. The number of hydrogen-bond donors (Lipinski definition) is 1. The first-order valence-corrected chi connectivity index (χ1v) is 7.32. The third-order valence-electron chi connectivity index (χ3n) is 3.61. The molecule has 1 N–H and O–H groups in total. The van der Waals surface area contributed by atoms with E-state index in [0.29, 0.717) is 11.3 Å². The van der Waals surface area contributed by atoms with Gasteiger partial charge >= 0.3 is 11.7 Å². The molecule has 24 heavy (non-hydrogen) atoms. The van der Waals surface area contributed by atoms with Crippen molar-refractivity contribution in [1.82, 2.24) is 9.55 Å². The number of nitrogens with one attached hydrogen (secondary N) is 1. The zero-order valence-corrected chi connectivity index (χ0v) is 14.3. The fourth-order valence-electron chi connectivity index (χ4n) is 2.45. The van der Waals surface area contributed by atoms with E-state index in [1.165, 1.54) is 32.5 Å². The normalized spacial score (nSPS) is 11.2. The van der Waals surface area contributed by atoms with E-state index in [2.05, 4.69) is 4.98 Å². The Labute approximate surface area is 138 Å². The smallest absolute Gasteiger partial charge is 0.341 e. The van der Waals surface area contributed by atoms with Crippen LogP contribution in [0.4, 0.5) is 0 Å². The Morgan fingerprint density at radius 1 is 1.17 bits per heavy atom.